The summed E-state index contributed by atoms with van der Waals surface area (Å²) in [4.78, 5) is 0. The van der Waals surface area contributed by atoms with E-state index in [1.807, 2.05) is 6.92 Å². The molecule has 2 unspecified atom stereocenters. The Bertz CT molecular complexity index is 471. The minimum absolute atomic E-state index is 0.276. The Morgan fingerprint density at radius 2 is 2.10 bits per heavy atom. The summed E-state index contributed by atoms with van der Waals surface area (Å²) in [5.74, 6) is 2.74. The van der Waals surface area contributed by atoms with Gasteiger partial charge in [-0.05, 0) is 45.2 Å². The van der Waals surface area contributed by atoms with Gasteiger partial charge in [0.25, 0.3) is 0 Å². The number of rotatable bonds is 7. The summed E-state index contributed by atoms with van der Waals surface area (Å²) in [5.41, 5.74) is 2.46. The van der Waals surface area contributed by atoms with Gasteiger partial charge in [0, 0.05) is 30.1 Å². The molecule has 1 N–H and O–H groups in total. The first kappa shape index (κ1) is 16.2. The van der Waals surface area contributed by atoms with Gasteiger partial charge >= 0.3 is 0 Å². The lowest BCUT2D eigenvalue weighted by atomic mass is 10.0. The van der Waals surface area contributed by atoms with Gasteiger partial charge in [0.05, 0.1) is 6.61 Å². The van der Waals surface area contributed by atoms with Crippen molar-refractivity contribution in [3.63, 3.8) is 0 Å². The Balaban J connectivity index is 2.08. The van der Waals surface area contributed by atoms with Gasteiger partial charge in [0.15, 0.2) is 0 Å². The second-order valence-electron chi connectivity index (χ2n) is 6.54. The molecule has 21 heavy (non-hydrogen) atoms. The molecule has 0 bridgehead atoms. The van der Waals surface area contributed by atoms with Crippen LogP contribution < -0.4 is 14.8 Å². The van der Waals surface area contributed by atoms with Crippen molar-refractivity contribution in [3.8, 4) is 11.5 Å². The molecule has 1 aliphatic rings. The van der Waals surface area contributed by atoms with Crippen LogP contribution in [0.15, 0.2) is 12.1 Å². The third kappa shape index (κ3) is 4.37. The predicted octanol–water partition coefficient (Wildman–Crippen LogP) is 3.93. The molecule has 0 saturated heterocycles. The van der Waals surface area contributed by atoms with E-state index < -0.39 is 0 Å². The van der Waals surface area contributed by atoms with Crippen molar-refractivity contribution >= 4 is 0 Å². The van der Waals surface area contributed by atoms with Gasteiger partial charge in [-0.3, -0.25) is 0 Å². The molecular formula is C18H29NO2. The molecule has 3 heteroatoms. The van der Waals surface area contributed by atoms with Crippen LogP contribution in [0.25, 0.3) is 0 Å². The highest BCUT2D eigenvalue weighted by Crippen LogP contribution is 2.35. The summed E-state index contributed by atoms with van der Waals surface area (Å²) in [6.45, 7) is 12.4. The molecule has 0 spiro atoms. The van der Waals surface area contributed by atoms with Crippen LogP contribution in [-0.4, -0.2) is 18.8 Å². The summed E-state index contributed by atoms with van der Waals surface area (Å²) in [7, 11) is 0. The average Bonchev–Trinajstić information content (AvgIpc) is 2.74. The zero-order chi connectivity index (χ0) is 15.4. The van der Waals surface area contributed by atoms with Gasteiger partial charge in [-0.15, -0.1) is 0 Å². The summed E-state index contributed by atoms with van der Waals surface area (Å²) >= 11 is 0. The van der Waals surface area contributed by atoms with E-state index in [0.29, 0.717) is 18.6 Å². The fraction of sp³-hybridized carbons (Fsp3) is 0.667. The van der Waals surface area contributed by atoms with E-state index in [2.05, 4.69) is 45.1 Å². The predicted molar refractivity (Wildman–Crippen MR) is 87.2 cm³/mol. The number of hydrogen-bond acceptors (Lipinski definition) is 3. The third-order valence-electron chi connectivity index (χ3n) is 3.84. The molecule has 1 aromatic carbocycles. The molecule has 2 rings (SSSR count). The van der Waals surface area contributed by atoms with Crippen molar-refractivity contribution < 1.29 is 9.47 Å². The smallest absolute Gasteiger partial charge is 0.124 e. The van der Waals surface area contributed by atoms with Crippen molar-refractivity contribution in [1.29, 1.82) is 0 Å². The Labute approximate surface area is 129 Å². The zero-order valence-electron chi connectivity index (χ0n) is 14.0. The van der Waals surface area contributed by atoms with Gasteiger partial charge < -0.3 is 14.8 Å². The topological polar surface area (TPSA) is 30.5 Å². The summed E-state index contributed by atoms with van der Waals surface area (Å²) in [6.07, 6.45) is 2.44. The van der Waals surface area contributed by atoms with Crippen LogP contribution in [0.4, 0.5) is 0 Å². The Hall–Kier alpha value is -1.22. The molecule has 2 atom stereocenters. The Kier molecular flexibility index (Phi) is 5.51. The van der Waals surface area contributed by atoms with Crippen molar-refractivity contribution in [3.05, 3.63) is 23.3 Å². The van der Waals surface area contributed by atoms with Crippen LogP contribution in [0.1, 0.15) is 52.2 Å². The van der Waals surface area contributed by atoms with Gasteiger partial charge in [-0.25, -0.2) is 0 Å². The molecule has 118 valence electrons. The maximum atomic E-state index is 5.87. The lowest BCUT2D eigenvalue weighted by molar-refractivity contribution is 0.254. The third-order valence-corrected chi connectivity index (χ3v) is 3.84. The number of fused-ring (bicyclic) bond motifs is 1. The minimum atomic E-state index is 0.276. The first-order valence-corrected chi connectivity index (χ1v) is 8.18. The van der Waals surface area contributed by atoms with Crippen molar-refractivity contribution in [2.24, 2.45) is 5.92 Å². The molecule has 1 aliphatic heterocycles. The summed E-state index contributed by atoms with van der Waals surface area (Å²) in [6, 6.07) is 4.82. The number of benzene rings is 1. The molecule has 0 fully saturated rings. The van der Waals surface area contributed by atoms with E-state index in [-0.39, 0.29) is 6.10 Å². The van der Waals surface area contributed by atoms with Crippen LogP contribution in [-0.2, 0) is 13.0 Å². The second kappa shape index (κ2) is 7.17. The minimum Gasteiger partial charge on any atom is -0.494 e. The normalized spacial score (nSPS) is 18.5. The molecule has 0 radical (unpaired) electrons. The van der Waals surface area contributed by atoms with E-state index in [1.54, 1.807) is 0 Å². The number of hydrogen-bond donors (Lipinski definition) is 1. The van der Waals surface area contributed by atoms with Gasteiger partial charge in [0.1, 0.15) is 17.6 Å². The highest BCUT2D eigenvalue weighted by Gasteiger charge is 2.21. The van der Waals surface area contributed by atoms with Gasteiger partial charge in [-0.1, -0.05) is 13.8 Å². The van der Waals surface area contributed by atoms with Crippen molar-refractivity contribution in [2.45, 2.75) is 66.2 Å². The fourth-order valence-electron chi connectivity index (χ4n) is 2.98. The van der Waals surface area contributed by atoms with Crippen molar-refractivity contribution in [1.82, 2.24) is 5.32 Å². The van der Waals surface area contributed by atoms with E-state index >= 15 is 0 Å². The molecule has 0 amide bonds. The first-order valence-electron chi connectivity index (χ1n) is 8.18. The maximum Gasteiger partial charge on any atom is 0.124 e. The van der Waals surface area contributed by atoms with E-state index in [1.165, 1.54) is 17.5 Å². The van der Waals surface area contributed by atoms with E-state index in [4.69, 9.17) is 9.47 Å². The quantitative estimate of drug-likeness (QED) is 0.825. The van der Waals surface area contributed by atoms with E-state index in [0.717, 1.165) is 24.5 Å². The van der Waals surface area contributed by atoms with E-state index in [9.17, 15) is 0 Å². The lowest BCUT2D eigenvalue weighted by Crippen LogP contribution is -2.27. The van der Waals surface area contributed by atoms with Crippen LogP contribution in [0.5, 0.6) is 11.5 Å². The van der Waals surface area contributed by atoms with Gasteiger partial charge in [0.2, 0.25) is 0 Å². The van der Waals surface area contributed by atoms with Crippen LogP contribution in [0.2, 0.25) is 0 Å². The molecule has 1 aromatic rings. The first-order chi connectivity index (χ1) is 9.99. The highest BCUT2D eigenvalue weighted by atomic mass is 16.5. The van der Waals surface area contributed by atoms with Crippen LogP contribution in [0, 0.1) is 5.92 Å². The summed E-state index contributed by atoms with van der Waals surface area (Å²) < 4.78 is 11.7. The molecule has 0 aromatic heterocycles. The number of ether oxygens (including phenoxy) is 2. The largest absolute Gasteiger partial charge is 0.494 e. The standard InChI is InChI=1S/C18H29NO2/c1-6-20-17-9-15-8-14(5)21-18(15)10-16(17)11-19-13(4)7-12(2)3/h9-10,12-14,19H,6-8,11H2,1-5H3. The van der Waals surface area contributed by atoms with Crippen LogP contribution in [0.3, 0.4) is 0 Å². The highest BCUT2D eigenvalue weighted by molar-refractivity contribution is 5.48. The Morgan fingerprint density at radius 1 is 1.33 bits per heavy atom. The van der Waals surface area contributed by atoms with Gasteiger partial charge in [-0.2, -0.15) is 0 Å². The average molecular weight is 291 g/mol. The summed E-state index contributed by atoms with van der Waals surface area (Å²) in [5, 5.41) is 3.60. The molecule has 0 aliphatic carbocycles. The molecule has 3 nitrogen and oxygen atoms in total. The zero-order valence-corrected chi connectivity index (χ0v) is 14.0. The Morgan fingerprint density at radius 3 is 2.76 bits per heavy atom. The number of nitrogens with one attached hydrogen (secondary N) is 1. The molecule has 1 heterocycles. The van der Waals surface area contributed by atoms with Crippen LogP contribution >= 0.6 is 0 Å². The SMILES string of the molecule is CCOc1cc2c(cc1CNC(C)CC(C)C)OC(C)C2. The fourth-order valence-corrected chi connectivity index (χ4v) is 2.98. The van der Waals surface area contributed by atoms with Crippen molar-refractivity contribution in [2.75, 3.05) is 6.61 Å². The lowest BCUT2D eigenvalue weighted by Gasteiger charge is -2.18. The second-order valence-corrected chi connectivity index (χ2v) is 6.54. The monoisotopic (exact) mass is 291 g/mol. The molecule has 0 saturated carbocycles. The maximum absolute atomic E-state index is 5.87. The molecular weight excluding hydrogens is 262 g/mol.